The average Bonchev–Trinajstić information content (AvgIpc) is 2.78. The Kier molecular flexibility index (Phi) is 19.4. The Bertz CT molecular complexity index is 502. The van der Waals surface area contributed by atoms with Crippen LogP contribution in [-0.4, -0.2) is 50.3 Å². The van der Waals surface area contributed by atoms with Gasteiger partial charge in [-0.3, -0.25) is 19.2 Å². The molecule has 0 aliphatic carbocycles. The molecule has 0 aromatic heterocycles. The number of hydrogen-bond donors (Lipinski definition) is 0. The number of rotatable bonds is 20. The zero-order valence-corrected chi connectivity index (χ0v) is 20.2. The quantitative estimate of drug-likeness (QED) is 0.147. The lowest BCUT2D eigenvalue weighted by atomic mass is 10.1. The molecule has 0 unspecified atom stereocenters. The molecule has 0 aliphatic heterocycles. The van der Waals surface area contributed by atoms with Gasteiger partial charge in [-0.2, -0.15) is 0 Å². The van der Waals surface area contributed by atoms with Gasteiger partial charge in [-0.05, 0) is 12.8 Å². The van der Waals surface area contributed by atoms with Gasteiger partial charge >= 0.3 is 23.9 Å². The second kappa shape index (κ2) is 20.8. The van der Waals surface area contributed by atoms with Crippen molar-refractivity contribution in [3.05, 3.63) is 0 Å². The standard InChI is InChI=1S/C24H42O8/c1-4-6-8-10-12-14-22(26)30-18-20(32-24(28)17-16-21(25)29-3)19-31-23(27)15-13-11-9-7-5-2/h20H,4-19H2,1-3H3. The van der Waals surface area contributed by atoms with Crippen LogP contribution in [0.2, 0.25) is 0 Å². The summed E-state index contributed by atoms with van der Waals surface area (Å²) < 4.78 is 20.2. The molecule has 0 heterocycles. The molecule has 0 aliphatic rings. The van der Waals surface area contributed by atoms with Crippen molar-refractivity contribution in [2.45, 2.75) is 110 Å². The van der Waals surface area contributed by atoms with Crippen molar-refractivity contribution in [3.63, 3.8) is 0 Å². The van der Waals surface area contributed by atoms with Crippen LogP contribution in [0.25, 0.3) is 0 Å². The van der Waals surface area contributed by atoms with Gasteiger partial charge < -0.3 is 18.9 Å². The maximum atomic E-state index is 12.0. The first kappa shape index (κ1) is 29.9. The maximum absolute atomic E-state index is 12.0. The van der Waals surface area contributed by atoms with Gasteiger partial charge in [0, 0.05) is 12.8 Å². The molecule has 0 bridgehead atoms. The van der Waals surface area contributed by atoms with Gasteiger partial charge in [0.15, 0.2) is 6.10 Å². The summed E-state index contributed by atoms with van der Waals surface area (Å²) in [7, 11) is 1.24. The van der Waals surface area contributed by atoms with Crippen LogP contribution in [0, 0.1) is 0 Å². The summed E-state index contributed by atoms with van der Waals surface area (Å²) in [5, 5.41) is 0. The van der Waals surface area contributed by atoms with E-state index in [1.165, 1.54) is 7.11 Å². The number of hydrogen-bond acceptors (Lipinski definition) is 8. The van der Waals surface area contributed by atoms with Crippen molar-refractivity contribution < 1.29 is 38.1 Å². The molecule has 8 heteroatoms. The van der Waals surface area contributed by atoms with Crippen molar-refractivity contribution in [2.75, 3.05) is 20.3 Å². The minimum absolute atomic E-state index is 0.114. The molecule has 0 radical (unpaired) electrons. The van der Waals surface area contributed by atoms with Crippen LogP contribution in [0.5, 0.6) is 0 Å². The van der Waals surface area contributed by atoms with E-state index in [1.54, 1.807) is 0 Å². The SMILES string of the molecule is CCCCCCCC(=O)OCC(COC(=O)CCCCCCC)OC(=O)CCC(=O)OC. The molecule has 0 spiro atoms. The zero-order chi connectivity index (χ0) is 24.0. The molecule has 0 aromatic rings. The van der Waals surface area contributed by atoms with Gasteiger partial charge in [-0.25, -0.2) is 0 Å². The summed E-state index contributed by atoms with van der Waals surface area (Å²) in [6.07, 6.45) is 9.53. The highest BCUT2D eigenvalue weighted by atomic mass is 16.6. The van der Waals surface area contributed by atoms with E-state index in [9.17, 15) is 19.2 Å². The fourth-order valence-electron chi connectivity index (χ4n) is 2.93. The number of unbranched alkanes of at least 4 members (excludes halogenated alkanes) is 8. The molecule has 8 nitrogen and oxygen atoms in total. The van der Waals surface area contributed by atoms with Crippen LogP contribution in [0.3, 0.4) is 0 Å². The van der Waals surface area contributed by atoms with E-state index in [2.05, 4.69) is 18.6 Å². The van der Waals surface area contributed by atoms with Gasteiger partial charge in [-0.1, -0.05) is 65.2 Å². The summed E-state index contributed by atoms with van der Waals surface area (Å²) in [5.74, 6) is -1.92. The van der Waals surface area contributed by atoms with E-state index >= 15 is 0 Å². The third-order valence-corrected chi connectivity index (χ3v) is 4.89. The third-order valence-electron chi connectivity index (χ3n) is 4.89. The molecule has 0 saturated carbocycles. The summed E-state index contributed by atoms with van der Waals surface area (Å²) in [6.45, 7) is 3.86. The molecule has 0 rings (SSSR count). The Labute approximate surface area is 192 Å². The molecule has 0 aromatic carbocycles. The van der Waals surface area contributed by atoms with Crippen molar-refractivity contribution >= 4 is 23.9 Å². The summed E-state index contributed by atoms with van der Waals surface area (Å²) in [4.78, 5) is 47.1. The van der Waals surface area contributed by atoms with Gasteiger partial charge in [0.25, 0.3) is 0 Å². The van der Waals surface area contributed by atoms with E-state index < -0.39 is 18.0 Å². The van der Waals surface area contributed by atoms with Crippen LogP contribution in [0.4, 0.5) is 0 Å². The Balaban J connectivity index is 4.43. The Morgan fingerprint density at radius 2 is 1.00 bits per heavy atom. The summed E-state index contributed by atoms with van der Waals surface area (Å²) >= 11 is 0. The fraction of sp³-hybridized carbons (Fsp3) is 0.833. The first-order valence-electron chi connectivity index (χ1n) is 12.0. The number of carbonyl (C=O) groups is 4. The predicted octanol–water partition coefficient (Wildman–Crippen LogP) is 4.66. The van der Waals surface area contributed by atoms with E-state index in [1.807, 2.05) is 0 Å². The van der Waals surface area contributed by atoms with E-state index in [0.29, 0.717) is 12.8 Å². The summed E-state index contributed by atoms with van der Waals surface area (Å²) in [6, 6.07) is 0. The molecule has 0 saturated heterocycles. The third kappa shape index (κ3) is 18.6. The van der Waals surface area contributed by atoms with Crippen LogP contribution in [-0.2, 0) is 38.1 Å². The molecule has 32 heavy (non-hydrogen) atoms. The minimum atomic E-state index is -0.909. The van der Waals surface area contributed by atoms with Gasteiger partial charge in [0.1, 0.15) is 13.2 Å². The first-order chi connectivity index (χ1) is 15.4. The number of carbonyl (C=O) groups excluding carboxylic acids is 4. The van der Waals surface area contributed by atoms with Crippen LogP contribution < -0.4 is 0 Å². The molecule has 0 fully saturated rings. The molecular weight excluding hydrogens is 416 g/mol. The lowest BCUT2D eigenvalue weighted by molar-refractivity contribution is -0.167. The minimum Gasteiger partial charge on any atom is -0.469 e. The highest BCUT2D eigenvalue weighted by Crippen LogP contribution is 2.09. The smallest absolute Gasteiger partial charge is 0.306 e. The van der Waals surface area contributed by atoms with Crippen LogP contribution in [0.15, 0.2) is 0 Å². The molecular formula is C24H42O8. The van der Waals surface area contributed by atoms with Crippen LogP contribution >= 0.6 is 0 Å². The highest BCUT2D eigenvalue weighted by molar-refractivity contribution is 5.77. The second-order valence-corrected chi connectivity index (χ2v) is 7.88. The zero-order valence-electron chi connectivity index (χ0n) is 20.2. The van der Waals surface area contributed by atoms with Crippen molar-refractivity contribution in [1.29, 1.82) is 0 Å². The molecule has 0 atom stereocenters. The average molecular weight is 459 g/mol. The van der Waals surface area contributed by atoms with E-state index in [0.717, 1.165) is 64.2 Å². The molecule has 0 N–H and O–H groups in total. The Morgan fingerprint density at radius 1 is 0.562 bits per heavy atom. The molecule has 0 amide bonds. The van der Waals surface area contributed by atoms with E-state index in [4.69, 9.17) is 14.2 Å². The fourth-order valence-corrected chi connectivity index (χ4v) is 2.93. The lowest BCUT2D eigenvalue weighted by Crippen LogP contribution is -2.31. The van der Waals surface area contributed by atoms with Crippen molar-refractivity contribution in [1.82, 2.24) is 0 Å². The first-order valence-corrected chi connectivity index (χ1v) is 12.0. The van der Waals surface area contributed by atoms with Crippen molar-refractivity contribution in [2.24, 2.45) is 0 Å². The topological polar surface area (TPSA) is 105 Å². The van der Waals surface area contributed by atoms with Crippen LogP contribution in [0.1, 0.15) is 104 Å². The number of ether oxygens (including phenoxy) is 4. The second-order valence-electron chi connectivity index (χ2n) is 7.88. The summed E-state index contributed by atoms with van der Waals surface area (Å²) in [5.41, 5.74) is 0. The monoisotopic (exact) mass is 458 g/mol. The van der Waals surface area contributed by atoms with Gasteiger partial charge in [0.05, 0.1) is 20.0 Å². The van der Waals surface area contributed by atoms with Crippen molar-refractivity contribution in [3.8, 4) is 0 Å². The number of methoxy groups -OCH3 is 1. The van der Waals surface area contributed by atoms with Gasteiger partial charge in [-0.15, -0.1) is 0 Å². The Morgan fingerprint density at radius 3 is 1.44 bits per heavy atom. The highest BCUT2D eigenvalue weighted by Gasteiger charge is 2.20. The number of esters is 4. The van der Waals surface area contributed by atoms with Gasteiger partial charge in [0.2, 0.25) is 0 Å². The Hall–Kier alpha value is -2.12. The largest absolute Gasteiger partial charge is 0.469 e. The maximum Gasteiger partial charge on any atom is 0.306 e. The normalized spacial score (nSPS) is 10.6. The lowest BCUT2D eigenvalue weighted by Gasteiger charge is -2.18. The predicted molar refractivity (Wildman–Crippen MR) is 120 cm³/mol. The molecule has 186 valence electrons. The van der Waals surface area contributed by atoms with E-state index in [-0.39, 0.29) is 38.0 Å².